The molecule has 1 saturated carbocycles. The molecule has 1 aliphatic rings. The van der Waals surface area contributed by atoms with Crippen molar-refractivity contribution in [2.75, 3.05) is 0 Å². The maximum absolute atomic E-state index is 11.8. The summed E-state index contributed by atoms with van der Waals surface area (Å²) >= 11 is 3.16. The Morgan fingerprint density at radius 2 is 2.21 bits per heavy atom. The number of rotatable bonds is 5. The molecule has 1 amide bonds. The van der Waals surface area contributed by atoms with Crippen molar-refractivity contribution in [1.82, 2.24) is 5.32 Å². The molecule has 0 spiro atoms. The van der Waals surface area contributed by atoms with Crippen LogP contribution in [0.1, 0.15) is 25.5 Å². The quantitative estimate of drug-likeness (QED) is 0.814. The van der Waals surface area contributed by atoms with E-state index in [2.05, 4.69) is 21.2 Å². The molecule has 0 bridgehead atoms. The first-order valence-electron chi connectivity index (χ1n) is 5.91. The van der Waals surface area contributed by atoms with Gasteiger partial charge >= 0.3 is 5.97 Å². The summed E-state index contributed by atoms with van der Waals surface area (Å²) < 4.78 is 5.78. The highest BCUT2D eigenvalue weighted by Crippen LogP contribution is 2.39. The van der Waals surface area contributed by atoms with Gasteiger partial charge in [0, 0.05) is 6.08 Å². The first-order valence-corrected chi connectivity index (χ1v) is 6.70. The van der Waals surface area contributed by atoms with Crippen LogP contribution in [0.25, 0.3) is 6.08 Å². The van der Waals surface area contributed by atoms with Crippen LogP contribution in [0.5, 0.6) is 0 Å². The van der Waals surface area contributed by atoms with Crippen molar-refractivity contribution in [2.45, 2.75) is 25.3 Å². The number of amides is 1. The molecule has 5 nitrogen and oxygen atoms in total. The molecule has 2 N–H and O–H groups in total. The summed E-state index contributed by atoms with van der Waals surface area (Å²) in [6, 6.07) is 3.41. The largest absolute Gasteiger partial charge is 0.480 e. The summed E-state index contributed by atoms with van der Waals surface area (Å²) in [7, 11) is 0. The summed E-state index contributed by atoms with van der Waals surface area (Å²) in [6.45, 7) is 1.54. The fraction of sp³-hybridized carbons (Fsp3) is 0.385. The Labute approximate surface area is 118 Å². The molecule has 1 atom stereocenters. The van der Waals surface area contributed by atoms with Gasteiger partial charge in [0.2, 0.25) is 5.91 Å². The Bertz CT molecular complexity index is 533. The molecule has 1 aromatic heterocycles. The molecule has 0 aromatic carbocycles. The topological polar surface area (TPSA) is 79.5 Å². The molecular formula is C13H14BrNO4. The van der Waals surface area contributed by atoms with Gasteiger partial charge in [0.05, 0.1) is 0 Å². The average Bonchev–Trinajstić information content (AvgIpc) is 3.11. The minimum atomic E-state index is -1.19. The van der Waals surface area contributed by atoms with Crippen molar-refractivity contribution in [2.24, 2.45) is 5.92 Å². The van der Waals surface area contributed by atoms with E-state index in [1.807, 2.05) is 0 Å². The molecule has 1 aromatic rings. The maximum atomic E-state index is 11.8. The lowest BCUT2D eigenvalue weighted by molar-refractivity contribution is -0.147. The second-order valence-electron chi connectivity index (χ2n) is 4.75. The van der Waals surface area contributed by atoms with Crippen LogP contribution in [0.4, 0.5) is 0 Å². The lowest BCUT2D eigenvalue weighted by Gasteiger charge is -2.25. The van der Waals surface area contributed by atoms with Crippen molar-refractivity contribution in [3.8, 4) is 0 Å². The highest BCUT2D eigenvalue weighted by Gasteiger charge is 2.48. The number of carbonyl (C=O) groups is 2. The first-order chi connectivity index (χ1) is 8.91. The maximum Gasteiger partial charge on any atom is 0.329 e. The predicted octanol–water partition coefficient (Wildman–Crippen LogP) is 2.42. The average molecular weight is 328 g/mol. The zero-order chi connectivity index (χ0) is 14.0. The van der Waals surface area contributed by atoms with Gasteiger partial charge in [0.1, 0.15) is 11.3 Å². The Kier molecular flexibility index (Phi) is 3.80. The number of nitrogens with one attached hydrogen (secondary N) is 1. The molecule has 1 heterocycles. The smallest absolute Gasteiger partial charge is 0.329 e. The number of furan rings is 1. The van der Waals surface area contributed by atoms with Gasteiger partial charge in [-0.3, -0.25) is 4.79 Å². The monoisotopic (exact) mass is 327 g/mol. The van der Waals surface area contributed by atoms with Crippen LogP contribution < -0.4 is 5.32 Å². The summed E-state index contributed by atoms with van der Waals surface area (Å²) in [6.07, 6.45) is 4.43. The molecule has 1 unspecified atom stereocenters. The summed E-state index contributed by atoms with van der Waals surface area (Å²) in [5, 5.41) is 11.8. The third-order valence-corrected chi connectivity index (χ3v) is 3.64. The van der Waals surface area contributed by atoms with Crippen LogP contribution in [0.3, 0.4) is 0 Å². The number of halogens is 1. The molecular weight excluding hydrogens is 314 g/mol. The van der Waals surface area contributed by atoms with Gasteiger partial charge in [0.15, 0.2) is 4.67 Å². The van der Waals surface area contributed by atoms with Gasteiger partial charge < -0.3 is 14.8 Å². The molecule has 1 fully saturated rings. The zero-order valence-corrected chi connectivity index (χ0v) is 11.9. The number of hydrogen-bond donors (Lipinski definition) is 2. The minimum Gasteiger partial charge on any atom is -0.480 e. The fourth-order valence-corrected chi connectivity index (χ4v) is 2.18. The molecule has 102 valence electrons. The van der Waals surface area contributed by atoms with Crippen molar-refractivity contribution in [3.63, 3.8) is 0 Å². The normalized spacial score (nSPS) is 18.2. The Morgan fingerprint density at radius 3 is 2.68 bits per heavy atom. The SMILES string of the molecule is CC(NC(=O)/C=C/c1ccc(Br)o1)(C(=O)O)C1CC1. The molecule has 19 heavy (non-hydrogen) atoms. The van der Waals surface area contributed by atoms with E-state index < -0.39 is 17.4 Å². The van der Waals surface area contributed by atoms with E-state index in [4.69, 9.17) is 4.42 Å². The predicted molar refractivity (Wildman–Crippen MR) is 72.3 cm³/mol. The summed E-state index contributed by atoms with van der Waals surface area (Å²) in [5.41, 5.74) is -1.19. The van der Waals surface area contributed by atoms with E-state index in [1.54, 1.807) is 19.1 Å². The van der Waals surface area contributed by atoms with Gasteiger partial charge in [-0.1, -0.05) is 0 Å². The van der Waals surface area contributed by atoms with Crippen molar-refractivity contribution < 1.29 is 19.1 Å². The van der Waals surface area contributed by atoms with E-state index in [-0.39, 0.29) is 5.92 Å². The number of carbonyl (C=O) groups excluding carboxylic acids is 1. The van der Waals surface area contributed by atoms with Gasteiger partial charge in [-0.2, -0.15) is 0 Å². The minimum absolute atomic E-state index is 0.0140. The lowest BCUT2D eigenvalue weighted by atomic mass is 9.96. The van der Waals surface area contributed by atoms with Crippen LogP contribution in [0.15, 0.2) is 27.3 Å². The van der Waals surface area contributed by atoms with Crippen molar-refractivity contribution >= 4 is 33.9 Å². The summed E-state index contributed by atoms with van der Waals surface area (Å²) in [5.74, 6) is -0.910. The number of carboxylic acids is 1. The molecule has 0 aliphatic heterocycles. The molecule has 2 rings (SSSR count). The molecule has 0 radical (unpaired) electrons. The lowest BCUT2D eigenvalue weighted by Crippen LogP contribution is -2.53. The molecule has 6 heteroatoms. The third kappa shape index (κ3) is 3.26. The van der Waals surface area contributed by atoms with Crippen molar-refractivity contribution in [3.05, 3.63) is 28.6 Å². The third-order valence-electron chi connectivity index (χ3n) is 3.21. The van der Waals surface area contributed by atoms with Crippen molar-refractivity contribution in [1.29, 1.82) is 0 Å². The Morgan fingerprint density at radius 1 is 1.53 bits per heavy atom. The number of hydrogen-bond acceptors (Lipinski definition) is 3. The Balaban J connectivity index is 2.00. The second-order valence-corrected chi connectivity index (χ2v) is 5.53. The van der Waals surface area contributed by atoms with Gasteiger partial charge in [-0.05, 0) is 59.8 Å². The van der Waals surface area contributed by atoms with Crippen LogP contribution in [0.2, 0.25) is 0 Å². The molecule has 0 saturated heterocycles. The van der Waals surface area contributed by atoms with Gasteiger partial charge in [-0.25, -0.2) is 4.79 Å². The highest BCUT2D eigenvalue weighted by molar-refractivity contribution is 9.10. The number of aliphatic carboxylic acids is 1. The van der Waals surface area contributed by atoms with E-state index >= 15 is 0 Å². The van der Waals surface area contributed by atoms with Crippen LogP contribution in [-0.4, -0.2) is 22.5 Å². The second kappa shape index (κ2) is 5.21. The first kappa shape index (κ1) is 13.9. The van der Waals surface area contributed by atoms with Gasteiger partial charge in [-0.15, -0.1) is 0 Å². The van der Waals surface area contributed by atoms with Crippen LogP contribution in [0, 0.1) is 5.92 Å². The van der Waals surface area contributed by atoms with Gasteiger partial charge in [0.25, 0.3) is 0 Å². The standard InChI is InChI=1S/C13H14BrNO4/c1-13(12(17)18,8-2-3-8)15-11(16)7-5-9-4-6-10(14)19-9/h4-8H,2-3H2,1H3,(H,15,16)(H,17,18)/b7-5+. The molecule has 1 aliphatic carbocycles. The van der Waals surface area contributed by atoms with Crippen LogP contribution in [-0.2, 0) is 9.59 Å². The highest BCUT2D eigenvalue weighted by atomic mass is 79.9. The van der Waals surface area contributed by atoms with E-state index in [9.17, 15) is 14.7 Å². The number of carboxylic acid groups (broad SMARTS) is 1. The van der Waals surface area contributed by atoms with Crippen LogP contribution >= 0.6 is 15.9 Å². The Hall–Kier alpha value is -1.56. The zero-order valence-electron chi connectivity index (χ0n) is 10.4. The van der Waals surface area contributed by atoms with E-state index in [1.165, 1.54) is 12.2 Å². The van der Waals surface area contributed by atoms with E-state index in [0.29, 0.717) is 10.4 Å². The van der Waals surface area contributed by atoms with E-state index in [0.717, 1.165) is 12.8 Å². The fourth-order valence-electron chi connectivity index (χ4n) is 1.86. The summed E-state index contributed by atoms with van der Waals surface area (Å²) in [4.78, 5) is 23.0.